The van der Waals surface area contributed by atoms with Crippen LogP contribution < -0.4 is 5.32 Å². The van der Waals surface area contributed by atoms with Gasteiger partial charge in [0.05, 0.1) is 0 Å². The van der Waals surface area contributed by atoms with Crippen LogP contribution in [-0.2, 0) is 11.2 Å². The van der Waals surface area contributed by atoms with Crippen LogP contribution in [0.3, 0.4) is 0 Å². The van der Waals surface area contributed by atoms with Crippen molar-refractivity contribution in [2.24, 2.45) is 5.92 Å². The SMILES string of the molecule is CC(C)[C@H](C)NC(=O)CCc1nnc(-c2ccsc2)o1. The number of thiophene rings is 1. The number of nitrogens with zero attached hydrogens (tertiary/aromatic N) is 2. The van der Waals surface area contributed by atoms with Crippen LogP contribution >= 0.6 is 11.3 Å². The highest BCUT2D eigenvalue weighted by molar-refractivity contribution is 7.08. The topological polar surface area (TPSA) is 68.0 Å². The highest BCUT2D eigenvalue weighted by atomic mass is 32.1. The number of hydrogen-bond donors (Lipinski definition) is 1. The first-order chi connectivity index (χ1) is 9.56. The molecule has 0 saturated heterocycles. The molecule has 20 heavy (non-hydrogen) atoms. The molecule has 0 bridgehead atoms. The Morgan fingerprint density at radius 3 is 2.85 bits per heavy atom. The molecule has 0 aliphatic carbocycles. The molecule has 2 rings (SSSR count). The maximum Gasteiger partial charge on any atom is 0.248 e. The predicted octanol–water partition coefficient (Wildman–Crippen LogP) is 2.89. The third kappa shape index (κ3) is 3.90. The van der Waals surface area contributed by atoms with E-state index < -0.39 is 0 Å². The van der Waals surface area contributed by atoms with Gasteiger partial charge in [-0.25, -0.2) is 0 Å². The molecule has 6 heteroatoms. The lowest BCUT2D eigenvalue weighted by atomic mass is 10.1. The molecule has 1 amide bonds. The summed E-state index contributed by atoms with van der Waals surface area (Å²) in [6, 6.07) is 2.10. The zero-order chi connectivity index (χ0) is 14.5. The third-order valence-corrected chi connectivity index (χ3v) is 3.87. The number of nitrogens with one attached hydrogen (secondary N) is 1. The molecule has 0 aliphatic heterocycles. The Labute approximate surface area is 122 Å². The van der Waals surface area contributed by atoms with E-state index >= 15 is 0 Å². The third-order valence-electron chi connectivity index (χ3n) is 3.19. The zero-order valence-electron chi connectivity index (χ0n) is 11.9. The summed E-state index contributed by atoms with van der Waals surface area (Å²) < 4.78 is 5.54. The second-order valence-electron chi connectivity index (χ2n) is 5.11. The summed E-state index contributed by atoms with van der Waals surface area (Å²) in [6.07, 6.45) is 0.829. The van der Waals surface area contributed by atoms with Crippen LogP contribution in [0.5, 0.6) is 0 Å². The summed E-state index contributed by atoms with van der Waals surface area (Å²) in [5.41, 5.74) is 0.923. The van der Waals surface area contributed by atoms with Crippen molar-refractivity contribution in [2.75, 3.05) is 0 Å². The van der Waals surface area contributed by atoms with E-state index in [1.54, 1.807) is 11.3 Å². The standard InChI is InChI=1S/C14H19N3O2S/c1-9(2)10(3)15-12(18)4-5-13-16-17-14(19-13)11-6-7-20-8-11/h6-10H,4-5H2,1-3H3,(H,15,18)/t10-/m0/s1. The van der Waals surface area contributed by atoms with Crippen molar-refractivity contribution >= 4 is 17.2 Å². The maximum absolute atomic E-state index is 11.8. The van der Waals surface area contributed by atoms with Gasteiger partial charge in [-0.05, 0) is 24.3 Å². The molecular weight excluding hydrogens is 274 g/mol. The van der Waals surface area contributed by atoms with Crippen molar-refractivity contribution in [3.05, 3.63) is 22.7 Å². The van der Waals surface area contributed by atoms with Crippen LogP contribution in [0, 0.1) is 5.92 Å². The van der Waals surface area contributed by atoms with Gasteiger partial charge in [-0.3, -0.25) is 4.79 Å². The molecule has 0 aromatic carbocycles. The lowest BCUT2D eigenvalue weighted by molar-refractivity contribution is -0.122. The lowest BCUT2D eigenvalue weighted by Crippen LogP contribution is -2.36. The molecule has 2 heterocycles. The normalized spacial score (nSPS) is 12.6. The van der Waals surface area contributed by atoms with Gasteiger partial charge in [-0.15, -0.1) is 10.2 Å². The maximum atomic E-state index is 11.8. The van der Waals surface area contributed by atoms with Crippen LogP contribution in [-0.4, -0.2) is 22.1 Å². The molecule has 0 aliphatic rings. The Kier molecular flexibility index (Phi) is 4.89. The molecule has 0 unspecified atom stereocenters. The molecule has 5 nitrogen and oxygen atoms in total. The van der Waals surface area contributed by atoms with Gasteiger partial charge in [-0.1, -0.05) is 13.8 Å². The van der Waals surface area contributed by atoms with E-state index in [2.05, 4.69) is 29.4 Å². The first-order valence-corrected chi connectivity index (χ1v) is 7.65. The summed E-state index contributed by atoms with van der Waals surface area (Å²) in [7, 11) is 0. The highest BCUT2D eigenvalue weighted by Gasteiger charge is 2.13. The smallest absolute Gasteiger partial charge is 0.248 e. The Morgan fingerprint density at radius 2 is 2.20 bits per heavy atom. The van der Waals surface area contributed by atoms with Gasteiger partial charge < -0.3 is 9.73 Å². The fourth-order valence-electron chi connectivity index (χ4n) is 1.57. The summed E-state index contributed by atoms with van der Waals surface area (Å²) in [4.78, 5) is 11.8. The lowest BCUT2D eigenvalue weighted by Gasteiger charge is -2.16. The van der Waals surface area contributed by atoms with Gasteiger partial charge in [-0.2, -0.15) is 11.3 Å². The monoisotopic (exact) mass is 293 g/mol. The second kappa shape index (κ2) is 6.65. The van der Waals surface area contributed by atoms with Crippen molar-refractivity contribution in [2.45, 2.75) is 39.7 Å². The van der Waals surface area contributed by atoms with E-state index in [0.717, 1.165) is 5.56 Å². The largest absolute Gasteiger partial charge is 0.421 e. The number of hydrogen-bond acceptors (Lipinski definition) is 5. The average Bonchev–Trinajstić information content (AvgIpc) is 3.07. The first-order valence-electron chi connectivity index (χ1n) is 6.70. The number of aromatic nitrogens is 2. The van der Waals surface area contributed by atoms with Crippen LogP contribution in [0.1, 0.15) is 33.1 Å². The number of carbonyl (C=O) groups is 1. The molecule has 0 radical (unpaired) electrons. The minimum atomic E-state index is 0.0153. The van der Waals surface area contributed by atoms with Crippen LogP contribution in [0.15, 0.2) is 21.2 Å². The van der Waals surface area contributed by atoms with Gasteiger partial charge >= 0.3 is 0 Å². The molecule has 2 aromatic heterocycles. The fourth-order valence-corrected chi connectivity index (χ4v) is 2.20. The number of carbonyl (C=O) groups excluding carboxylic acids is 1. The Bertz CT molecular complexity index is 549. The molecule has 2 aromatic rings. The average molecular weight is 293 g/mol. The highest BCUT2D eigenvalue weighted by Crippen LogP contribution is 2.20. The predicted molar refractivity (Wildman–Crippen MR) is 78.4 cm³/mol. The minimum absolute atomic E-state index is 0.0153. The van der Waals surface area contributed by atoms with E-state index in [0.29, 0.717) is 30.5 Å². The fraction of sp³-hybridized carbons (Fsp3) is 0.500. The van der Waals surface area contributed by atoms with E-state index in [-0.39, 0.29) is 11.9 Å². The van der Waals surface area contributed by atoms with E-state index in [1.807, 2.05) is 23.8 Å². The van der Waals surface area contributed by atoms with Crippen molar-refractivity contribution in [3.63, 3.8) is 0 Å². The van der Waals surface area contributed by atoms with Crippen molar-refractivity contribution in [3.8, 4) is 11.5 Å². The van der Waals surface area contributed by atoms with Crippen LogP contribution in [0.4, 0.5) is 0 Å². The number of aryl methyl sites for hydroxylation is 1. The molecule has 1 N–H and O–H groups in total. The molecule has 0 fully saturated rings. The Morgan fingerprint density at radius 1 is 1.40 bits per heavy atom. The van der Waals surface area contributed by atoms with Crippen LogP contribution in [0.2, 0.25) is 0 Å². The molecule has 0 saturated carbocycles. The second-order valence-corrected chi connectivity index (χ2v) is 5.89. The molecule has 0 spiro atoms. The van der Waals surface area contributed by atoms with Crippen molar-refractivity contribution in [1.82, 2.24) is 15.5 Å². The van der Waals surface area contributed by atoms with Gasteiger partial charge in [0, 0.05) is 29.8 Å². The van der Waals surface area contributed by atoms with Crippen molar-refractivity contribution in [1.29, 1.82) is 0 Å². The first kappa shape index (κ1) is 14.7. The Balaban J connectivity index is 1.84. The summed E-state index contributed by atoms with van der Waals surface area (Å²) >= 11 is 1.58. The molecule has 1 atom stereocenters. The van der Waals surface area contributed by atoms with Crippen molar-refractivity contribution < 1.29 is 9.21 Å². The summed E-state index contributed by atoms with van der Waals surface area (Å²) in [5, 5.41) is 14.8. The Hall–Kier alpha value is -1.69. The summed E-state index contributed by atoms with van der Waals surface area (Å²) in [5.74, 6) is 1.45. The molecular formula is C14H19N3O2S. The van der Waals surface area contributed by atoms with Gasteiger partial charge in [0.2, 0.25) is 17.7 Å². The van der Waals surface area contributed by atoms with Gasteiger partial charge in [0.1, 0.15) is 0 Å². The number of rotatable bonds is 6. The minimum Gasteiger partial charge on any atom is -0.421 e. The van der Waals surface area contributed by atoms with E-state index in [4.69, 9.17) is 4.42 Å². The number of amides is 1. The van der Waals surface area contributed by atoms with E-state index in [1.165, 1.54) is 0 Å². The van der Waals surface area contributed by atoms with Gasteiger partial charge in [0.25, 0.3) is 0 Å². The zero-order valence-corrected chi connectivity index (χ0v) is 12.7. The quantitative estimate of drug-likeness (QED) is 0.889. The molecule has 108 valence electrons. The van der Waals surface area contributed by atoms with Gasteiger partial charge in [0.15, 0.2) is 0 Å². The summed E-state index contributed by atoms with van der Waals surface area (Å²) in [6.45, 7) is 6.16. The van der Waals surface area contributed by atoms with E-state index in [9.17, 15) is 4.79 Å². The van der Waals surface area contributed by atoms with Crippen LogP contribution in [0.25, 0.3) is 11.5 Å².